The van der Waals surface area contributed by atoms with Crippen LogP contribution in [0.15, 0.2) is 52.6 Å². The zero-order valence-corrected chi connectivity index (χ0v) is 15.1. The largest absolute Gasteiger partial charge is 0.334 e. The Hall–Kier alpha value is -2.64. The Morgan fingerprint density at radius 1 is 1.27 bits per heavy atom. The van der Waals surface area contributed by atoms with E-state index in [-0.39, 0.29) is 10.9 Å². The second-order valence-corrected chi connectivity index (χ2v) is 7.12. The first kappa shape index (κ1) is 16.8. The van der Waals surface area contributed by atoms with E-state index in [0.29, 0.717) is 15.8 Å². The van der Waals surface area contributed by atoms with Gasteiger partial charge in [0.15, 0.2) is 5.17 Å². The van der Waals surface area contributed by atoms with Crippen molar-refractivity contribution in [2.75, 3.05) is 5.32 Å². The fraction of sp³-hybridized carbons (Fsp3) is 0.0556. The molecule has 1 aromatic heterocycles. The van der Waals surface area contributed by atoms with Crippen molar-refractivity contribution in [3.05, 3.63) is 64.0 Å². The predicted octanol–water partition coefficient (Wildman–Crippen LogP) is 4.45. The average Bonchev–Trinajstić information content (AvgIpc) is 3.14. The van der Waals surface area contributed by atoms with Gasteiger partial charge in [0.05, 0.1) is 33.0 Å². The summed E-state index contributed by atoms with van der Waals surface area (Å²) in [4.78, 5) is 20.9. The molecule has 0 aliphatic carbocycles. The first-order chi connectivity index (χ1) is 12.5. The minimum absolute atomic E-state index is 0.222. The van der Waals surface area contributed by atoms with Crippen LogP contribution in [0.3, 0.4) is 0 Å². The Labute approximate surface area is 157 Å². The number of hydrogen-bond acceptors (Lipinski definition) is 4. The summed E-state index contributed by atoms with van der Waals surface area (Å²) in [7, 11) is 1.92. The molecule has 3 aromatic rings. The number of aryl methyl sites for hydroxylation is 1. The third kappa shape index (κ3) is 3.23. The summed E-state index contributed by atoms with van der Waals surface area (Å²) >= 11 is 7.20. The fourth-order valence-corrected chi connectivity index (χ4v) is 3.59. The van der Waals surface area contributed by atoms with Gasteiger partial charge in [-0.1, -0.05) is 17.7 Å². The highest BCUT2D eigenvalue weighted by Crippen LogP contribution is 2.31. The first-order valence-electron chi connectivity index (χ1n) is 7.65. The van der Waals surface area contributed by atoms with E-state index in [9.17, 15) is 9.18 Å². The zero-order valence-electron chi connectivity index (χ0n) is 13.5. The Kier molecular flexibility index (Phi) is 4.26. The number of hydrogen-bond donors (Lipinski definition) is 1. The number of carbonyl (C=O) groups is 1. The monoisotopic (exact) mass is 386 g/mol. The minimum Gasteiger partial charge on any atom is -0.334 e. The highest BCUT2D eigenvalue weighted by Gasteiger charge is 2.22. The lowest BCUT2D eigenvalue weighted by Crippen LogP contribution is -2.05. The summed E-state index contributed by atoms with van der Waals surface area (Å²) in [5, 5.41) is 3.58. The van der Waals surface area contributed by atoms with Crippen molar-refractivity contribution in [2.45, 2.75) is 0 Å². The number of aliphatic imine (C=N–C) groups is 1. The molecule has 130 valence electrons. The zero-order chi connectivity index (χ0) is 18.3. The fourth-order valence-electron chi connectivity index (χ4n) is 2.55. The number of amides is 1. The maximum atomic E-state index is 13.1. The molecule has 5 nitrogen and oxygen atoms in total. The molecule has 1 amide bonds. The normalized spacial score (nSPS) is 15.7. The Bertz CT molecular complexity index is 1110. The van der Waals surface area contributed by atoms with Crippen molar-refractivity contribution in [2.24, 2.45) is 12.0 Å². The number of nitrogens with zero attached hydrogens (tertiary/aromatic N) is 3. The van der Waals surface area contributed by atoms with Gasteiger partial charge in [-0.25, -0.2) is 9.37 Å². The van der Waals surface area contributed by atoms with Gasteiger partial charge >= 0.3 is 0 Å². The van der Waals surface area contributed by atoms with E-state index >= 15 is 0 Å². The molecule has 1 aliphatic heterocycles. The van der Waals surface area contributed by atoms with Crippen LogP contribution >= 0.6 is 23.4 Å². The van der Waals surface area contributed by atoms with Gasteiger partial charge in [0, 0.05) is 7.05 Å². The van der Waals surface area contributed by atoms with Crippen LogP contribution < -0.4 is 5.32 Å². The van der Waals surface area contributed by atoms with Crippen molar-refractivity contribution in [1.29, 1.82) is 0 Å². The van der Waals surface area contributed by atoms with Gasteiger partial charge in [0.25, 0.3) is 5.91 Å². The average molecular weight is 387 g/mol. The van der Waals surface area contributed by atoms with Gasteiger partial charge < -0.3 is 9.88 Å². The lowest BCUT2D eigenvalue weighted by Gasteiger charge is -2.06. The van der Waals surface area contributed by atoms with Gasteiger partial charge in [-0.3, -0.25) is 4.79 Å². The van der Waals surface area contributed by atoms with Gasteiger partial charge in [-0.05, 0) is 53.7 Å². The molecule has 0 spiro atoms. The number of halogens is 2. The summed E-state index contributed by atoms with van der Waals surface area (Å²) in [6.45, 7) is 0. The summed E-state index contributed by atoms with van der Waals surface area (Å²) in [5.74, 6) is -0.760. The maximum Gasteiger partial charge on any atom is 0.286 e. The van der Waals surface area contributed by atoms with Crippen molar-refractivity contribution in [3.63, 3.8) is 0 Å². The number of aromatic nitrogens is 2. The van der Waals surface area contributed by atoms with Crippen molar-refractivity contribution >= 4 is 57.2 Å². The molecular formula is C18H12ClFN4OS. The molecule has 26 heavy (non-hydrogen) atoms. The van der Waals surface area contributed by atoms with E-state index < -0.39 is 5.82 Å². The molecule has 1 N–H and O–H groups in total. The van der Waals surface area contributed by atoms with E-state index in [1.165, 1.54) is 30.0 Å². The molecule has 2 aromatic carbocycles. The molecule has 0 bridgehead atoms. The minimum atomic E-state index is -0.427. The van der Waals surface area contributed by atoms with Gasteiger partial charge in [-0.15, -0.1) is 0 Å². The standard InChI is InChI=1S/C18H12ClFN4OS/c1-24-9-21-14-4-2-10(6-15(14)24)7-16-17(25)23-18(26-16)22-13-5-3-11(20)8-12(13)19/h2-9H,1H3,(H,22,23,25)/b16-7-. The molecule has 0 atom stereocenters. The molecule has 0 saturated carbocycles. The van der Waals surface area contributed by atoms with E-state index in [0.717, 1.165) is 16.6 Å². The van der Waals surface area contributed by atoms with Crippen molar-refractivity contribution in [1.82, 2.24) is 9.55 Å². The predicted molar refractivity (Wildman–Crippen MR) is 104 cm³/mol. The van der Waals surface area contributed by atoms with Crippen molar-refractivity contribution < 1.29 is 9.18 Å². The summed E-state index contributed by atoms with van der Waals surface area (Å²) < 4.78 is 15.0. The number of benzene rings is 2. The molecule has 0 fully saturated rings. The van der Waals surface area contributed by atoms with Gasteiger partial charge in [-0.2, -0.15) is 4.99 Å². The van der Waals surface area contributed by atoms with Gasteiger partial charge in [0.2, 0.25) is 0 Å². The molecule has 4 rings (SSSR count). The molecule has 2 heterocycles. The molecular weight excluding hydrogens is 375 g/mol. The lowest BCUT2D eigenvalue weighted by atomic mass is 10.2. The summed E-state index contributed by atoms with van der Waals surface area (Å²) in [6, 6.07) is 9.76. The van der Waals surface area contributed by atoms with E-state index in [4.69, 9.17) is 11.6 Å². The molecule has 0 unspecified atom stereocenters. The second-order valence-electron chi connectivity index (χ2n) is 5.69. The van der Waals surface area contributed by atoms with Gasteiger partial charge in [0.1, 0.15) is 5.82 Å². The third-order valence-electron chi connectivity index (χ3n) is 3.84. The first-order valence-corrected chi connectivity index (χ1v) is 8.85. The Morgan fingerprint density at radius 2 is 2.12 bits per heavy atom. The van der Waals surface area contributed by atoms with Crippen LogP contribution in [-0.2, 0) is 11.8 Å². The van der Waals surface area contributed by atoms with Crippen molar-refractivity contribution in [3.8, 4) is 0 Å². The van der Waals surface area contributed by atoms with E-state index in [2.05, 4.69) is 15.3 Å². The molecule has 1 aliphatic rings. The number of anilines is 1. The number of fused-ring (bicyclic) bond motifs is 1. The maximum absolute atomic E-state index is 13.1. The number of carbonyl (C=O) groups excluding carboxylic acids is 1. The second kappa shape index (κ2) is 6.59. The SMILES string of the molecule is Cn1cnc2ccc(/C=C3\SC(Nc4ccc(F)cc4Cl)=NC3=O)cc21. The third-order valence-corrected chi connectivity index (χ3v) is 5.05. The highest BCUT2D eigenvalue weighted by atomic mass is 35.5. The highest BCUT2D eigenvalue weighted by molar-refractivity contribution is 8.18. The summed E-state index contributed by atoms with van der Waals surface area (Å²) in [6.07, 6.45) is 3.53. The van der Waals surface area contributed by atoms with Crippen LogP contribution in [0.1, 0.15) is 5.56 Å². The summed E-state index contributed by atoms with van der Waals surface area (Å²) in [5.41, 5.74) is 3.25. The number of rotatable bonds is 2. The van der Waals surface area contributed by atoms with Crippen LogP contribution in [0.25, 0.3) is 17.1 Å². The van der Waals surface area contributed by atoms with E-state index in [1.54, 1.807) is 12.4 Å². The Balaban J connectivity index is 1.56. The molecule has 8 heteroatoms. The molecule has 0 saturated heterocycles. The van der Waals surface area contributed by atoms with Crippen LogP contribution in [0, 0.1) is 5.82 Å². The Morgan fingerprint density at radius 3 is 2.92 bits per heavy atom. The van der Waals surface area contributed by atoms with E-state index in [1.807, 2.05) is 29.8 Å². The van der Waals surface area contributed by atoms with Crippen LogP contribution in [-0.4, -0.2) is 20.6 Å². The lowest BCUT2D eigenvalue weighted by molar-refractivity contribution is -0.113. The topological polar surface area (TPSA) is 59.3 Å². The van der Waals surface area contributed by atoms with Crippen LogP contribution in [0.5, 0.6) is 0 Å². The van der Waals surface area contributed by atoms with Crippen LogP contribution in [0.2, 0.25) is 5.02 Å². The molecule has 0 radical (unpaired) electrons. The quantitative estimate of drug-likeness (QED) is 0.661. The smallest absolute Gasteiger partial charge is 0.286 e. The number of nitrogens with one attached hydrogen (secondary N) is 1. The number of imidazole rings is 1. The number of thioether (sulfide) groups is 1. The van der Waals surface area contributed by atoms with Crippen LogP contribution in [0.4, 0.5) is 10.1 Å². The number of amidine groups is 1.